The Morgan fingerprint density at radius 2 is 2.12 bits per heavy atom. The van der Waals surface area contributed by atoms with E-state index in [1.807, 2.05) is 11.9 Å². The quantitative estimate of drug-likeness (QED) is 0.573. The molecule has 90 valence electrons. The van der Waals surface area contributed by atoms with Crippen molar-refractivity contribution in [2.75, 3.05) is 7.05 Å². The molecule has 16 heavy (non-hydrogen) atoms. The van der Waals surface area contributed by atoms with Gasteiger partial charge < -0.3 is 4.90 Å². The molecule has 2 aliphatic rings. The minimum Gasteiger partial charge on any atom is -0.342 e. The summed E-state index contributed by atoms with van der Waals surface area (Å²) < 4.78 is 0. The number of fused-ring (bicyclic) bond motifs is 1. The van der Waals surface area contributed by atoms with Gasteiger partial charge in [-0.25, -0.2) is 0 Å². The first-order valence-electron chi connectivity index (χ1n) is 6.75. The molecule has 0 aromatic heterocycles. The second-order valence-corrected chi connectivity index (χ2v) is 6.50. The monoisotopic (exact) mass is 221 g/mol. The predicted octanol–water partition coefficient (Wildman–Crippen LogP) is 2.00. The van der Waals surface area contributed by atoms with Crippen LogP contribution >= 0.6 is 0 Å². The molecule has 1 saturated heterocycles. The highest BCUT2D eigenvalue weighted by Crippen LogP contribution is 2.43. The Kier molecular flexibility index (Phi) is 3.32. The predicted molar refractivity (Wildman–Crippen MR) is 69.3 cm³/mol. The fourth-order valence-corrected chi connectivity index (χ4v) is 3.59. The maximum atomic E-state index is 11.8. The molecular formula is C13H24BNO. The number of likely N-dealkylation sites (tertiary alicyclic amines) is 1. The molecule has 3 unspecified atom stereocenters. The molecule has 0 spiro atoms. The molecule has 2 nitrogen and oxygen atoms in total. The summed E-state index contributed by atoms with van der Waals surface area (Å²) in [6.45, 7) is 2.37. The fourth-order valence-electron chi connectivity index (χ4n) is 3.59. The molecule has 1 aliphatic heterocycles. The average molecular weight is 221 g/mol. The van der Waals surface area contributed by atoms with Gasteiger partial charge in [-0.2, -0.15) is 0 Å². The third-order valence-electron chi connectivity index (χ3n) is 4.54. The summed E-state index contributed by atoms with van der Waals surface area (Å²) in [5.41, 5.74) is 0. The molecule has 0 aromatic rings. The maximum absolute atomic E-state index is 11.8. The third-order valence-corrected chi connectivity index (χ3v) is 4.54. The van der Waals surface area contributed by atoms with Gasteiger partial charge in [0.25, 0.3) is 0 Å². The molecule has 3 atom stereocenters. The van der Waals surface area contributed by atoms with Crippen molar-refractivity contribution in [3.63, 3.8) is 0 Å². The van der Waals surface area contributed by atoms with Gasteiger partial charge in [0.1, 0.15) is 7.85 Å². The lowest BCUT2D eigenvalue weighted by Crippen LogP contribution is -2.32. The van der Waals surface area contributed by atoms with Gasteiger partial charge in [0.05, 0.1) is 0 Å². The summed E-state index contributed by atoms with van der Waals surface area (Å²) >= 11 is 0. The van der Waals surface area contributed by atoms with Gasteiger partial charge >= 0.3 is 0 Å². The summed E-state index contributed by atoms with van der Waals surface area (Å²) in [4.78, 5) is 13.8. The molecule has 0 N–H and O–H groups in total. The van der Waals surface area contributed by atoms with E-state index in [4.69, 9.17) is 0 Å². The van der Waals surface area contributed by atoms with Crippen LogP contribution in [0.2, 0.25) is 5.31 Å². The summed E-state index contributed by atoms with van der Waals surface area (Å²) in [5.74, 6) is 0.983. The fraction of sp³-hybridized carbons (Fsp3) is 0.923. The number of carbonyl (C=O) groups is 1. The first-order chi connectivity index (χ1) is 7.49. The van der Waals surface area contributed by atoms with Crippen LogP contribution in [0.25, 0.3) is 0 Å². The zero-order chi connectivity index (χ0) is 11.8. The van der Waals surface area contributed by atoms with Crippen molar-refractivity contribution in [1.82, 2.24) is 4.90 Å². The highest BCUT2D eigenvalue weighted by molar-refractivity contribution is 6.14. The van der Waals surface area contributed by atoms with Crippen molar-refractivity contribution in [3.05, 3.63) is 0 Å². The topological polar surface area (TPSA) is 20.3 Å². The zero-order valence-electron chi connectivity index (χ0n) is 11.0. The van der Waals surface area contributed by atoms with Crippen LogP contribution in [0.15, 0.2) is 0 Å². The van der Waals surface area contributed by atoms with Crippen LogP contribution in [0.5, 0.6) is 0 Å². The Bertz CT molecular complexity index is 277. The van der Waals surface area contributed by atoms with E-state index in [9.17, 15) is 4.79 Å². The average Bonchev–Trinajstić information content (AvgIpc) is 2.46. The minimum absolute atomic E-state index is 0.367. The van der Waals surface area contributed by atoms with E-state index in [-0.39, 0.29) is 0 Å². The SMILES string of the molecule is BC1(C)CCCCCC2C(CC(=O)N2C)C1. The molecule has 1 saturated carbocycles. The van der Waals surface area contributed by atoms with Gasteiger partial charge in [0, 0.05) is 19.5 Å². The van der Waals surface area contributed by atoms with E-state index in [2.05, 4.69) is 14.8 Å². The van der Waals surface area contributed by atoms with Crippen LogP contribution < -0.4 is 0 Å². The lowest BCUT2D eigenvalue weighted by Gasteiger charge is -2.30. The number of rotatable bonds is 0. The molecule has 0 aromatic carbocycles. The largest absolute Gasteiger partial charge is 0.342 e. The first kappa shape index (κ1) is 12.0. The van der Waals surface area contributed by atoms with E-state index in [0.717, 1.165) is 6.42 Å². The molecule has 2 fully saturated rings. The van der Waals surface area contributed by atoms with Crippen molar-refractivity contribution >= 4 is 13.8 Å². The summed E-state index contributed by atoms with van der Waals surface area (Å²) in [5, 5.41) is 0.429. The number of hydrogen-bond acceptors (Lipinski definition) is 1. The first-order valence-corrected chi connectivity index (χ1v) is 6.75. The van der Waals surface area contributed by atoms with Crippen molar-refractivity contribution in [2.24, 2.45) is 5.92 Å². The van der Waals surface area contributed by atoms with Crippen LogP contribution in [0, 0.1) is 5.92 Å². The van der Waals surface area contributed by atoms with Crippen LogP contribution in [0.3, 0.4) is 0 Å². The third kappa shape index (κ3) is 2.44. The van der Waals surface area contributed by atoms with Gasteiger partial charge in [-0.1, -0.05) is 37.9 Å². The smallest absolute Gasteiger partial charge is 0.222 e. The van der Waals surface area contributed by atoms with Crippen molar-refractivity contribution in [1.29, 1.82) is 0 Å². The molecule has 2 rings (SSSR count). The second kappa shape index (κ2) is 4.42. The molecule has 1 amide bonds. The van der Waals surface area contributed by atoms with Gasteiger partial charge in [-0.05, 0) is 18.8 Å². The number of amides is 1. The molecule has 1 heterocycles. The Hall–Kier alpha value is -0.465. The van der Waals surface area contributed by atoms with E-state index in [0.29, 0.717) is 23.2 Å². The van der Waals surface area contributed by atoms with Crippen LogP contribution in [-0.2, 0) is 4.79 Å². The molecule has 0 bridgehead atoms. The van der Waals surface area contributed by atoms with Crippen LogP contribution in [0.1, 0.15) is 51.9 Å². The van der Waals surface area contributed by atoms with Gasteiger partial charge in [0.15, 0.2) is 0 Å². The van der Waals surface area contributed by atoms with Crippen molar-refractivity contribution in [2.45, 2.75) is 63.2 Å². The Balaban J connectivity index is 2.12. The van der Waals surface area contributed by atoms with E-state index in [1.54, 1.807) is 0 Å². The van der Waals surface area contributed by atoms with Crippen molar-refractivity contribution in [3.8, 4) is 0 Å². The summed E-state index contributed by atoms with van der Waals surface area (Å²) in [6, 6.07) is 0.532. The highest BCUT2D eigenvalue weighted by atomic mass is 16.2. The van der Waals surface area contributed by atoms with Gasteiger partial charge in [0.2, 0.25) is 5.91 Å². The molecule has 3 heteroatoms. The number of carbonyl (C=O) groups excluding carboxylic acids is 1. The molecule has 1 aliphatic carbocycles. The lowest BCUT2D eigenvalue weighted by atomic mass is 9.62. The van der Waals surface area contributed by atoms with Gasteiger partial charge in [-0.15, -0.1) is 0 Å². The van der Waals surface area contributed by atoms with E-state index in [1.165, 1.54) is 38.5 Å². The highest BCUT2D eigenvalue weighted by Gasteiger charge is 2.39. The van der Waals surface area contributed by atoms with Crippen LogP contribution in [0.4, 0.5) is 0 Å². The summed E-state index contributed by atoms with van der Waals surface area (Å²) in [7, 11) is 4.37. The maximum Gasteiger partial charge on any atom is 0.222 e. The Morgan fingerprint density at radius 3 is 2.88 bits per heavy atom. The Labute approximate surface area is 100 Å². The normalized spacial score (nSPS) is 41.1. The van der Waals surface area contributed by atoms with Crippen molar-refractivity contribution < 1.29 is 4.79 Å². The molecule has 0 radical (unpaired) electrons. The molecular weight excluding hydrogens is 197 g/mol. The minimum atomic E-state index is 0.367. The number of hydrogen-bond donors (Lipinski definition) is 0. The number of nitrogens with zero attached hydrogens (tertiary/aromatic N) is 1. The van der Waals surface area contributed by atoms with E-state index < -0.39 is 0 Å². The van der Waals surface area contributed by atoms with Crippen LogP contribution in [-0.4, -0.2) is 31.7 Å². The zero-order valence-corrected chi connectivity index (χ0v) is 11.0. The van der Waals surface area contributed by atoms with E-state index >= 15 is 0 Å². The van der Waals surface area contributed by atoms with Gasteiger partial charge in [-0.3, -0.25) is 4.79 Å². The summed E-state index contributed by atoms with van der Waals surface area (Å²) in [6.07, 6.45) is 8.59. The second-order valence-electron chi connectivity index (χ2n) is 6.50. The Morgan fingerprint density at radius 1 is 1.38 bits per heavy atom. The lowest BCUT2D eigenvalue weighted by molar-refractivity contribution is -0.127. The standard InChI is InChI=1S/C13H24BNO/c1-13(14)7-5-3-4-6-11-10(9-13)8-12(16)15(11)2/h10-11H,3-9,14H2,1-2H3.